The fourth-order valence-electron chi connectivity index (χ4n) is 2.35. The van der Waals surface area contributed by atoms with Crippen LogP contribution in [0.15, 0.2) is 11.2 Å². The number of aromatic nitrogens is 2. The van der Waals surface area contributed by atoms with Gasteiger partial charge in [0.25, 0.3) is 10.0 Å². The molecule has 0 radical (unpaired) electrons. The third-order valence-corrected chi connectivity index (χ3v) is 5.04. The molecule has 7 nitrogen and oxygen atoms in total. The van der Waals surface area contributed by atoms with Crippen molar-refractivity contribution in [1.82, 2.24) is 20.2 Å². The molecule has 1 fully saturated rings. The van der Waals surface area contributed by atoms with Crippen LogP contribution in [0, 0.1) is 0 Å². The van der Waals surface area contributed by atoms with E-state index in [1.54, 1.807) is 6.20 Å². The molecular weight excluding hydrogens is 292 g/mol. The van der Waals surface area contributed by atoms with Crippen molar-refractivity contribution in [3.63, 3.8) is 0 Å². The van der Waals surface area contributed by atoms with Crippen LogP contribution in [-0.2, 0) is 21.3 Å². The Kier molecular flexibility index (Phi) is 5.37. The minimum absolute atomic E-state index is 0.132. The molecule has 0 bridgehead atoms. The summed E-state index contributed by atoms with van der Waals surface area (Å²) in [5.41, 5.74) is 0.238. The first-order valence-corrected chi connectivity index (χ1v) is 8.82. The molecule has 0 spiro atoms. The average Bonchev–Trinajstić information content (AvgIpc) is 3.07. The smallest absolute Gasteiger partial charge is 0.257 e. The number of rotatable bonds is 8. The maximum atomic E-state index is 12.4. The molecule has 8 heteroatoms. The van der Waals surface area contributed by atoms with E-state index >= 15 is 0 Å². The Labute approximate surface area is 125 Å². The van der Waals surface area contributed by atoms with Crippen molar-refractivity contribution in [3.05, 3.63) is 11.8 Å². The summed E-state index contributed by atoms with van der Waals surface area (Å²) in [6.07, 6.45) is 4.37. The third-order valence-electron chi connectivity index (χ3n) is 3.63. The first kappa shape index (κ1) is 16.4. The molecule has 2 rings (SSSR count). The molecule has 1 unspecified atom stereocenters. The van der Waals surface area contributed by atoms with Gasteiger partial charge < -0.3 is 10.1 Å². The minimum Gasteiger partial charge on any atom is -0.374 e. The van der Waals surface area contributed by atoms with Gasteiger partial charge in [-0.15, -0.1) is 0 Å². The van der Waals surface area contributed by atoms with Crippen LogP contribution >= 0.6 is 0 Å². The average molecular weight is 316 g/mol. The van der Waals surface area contributed by atoms with Gasteiger partial charge in [0.15, 0.2) is 5.03 Å². The van der Waals surface area contributed by atoms with Crippen LogP contribution in [0.4, 0.5) is 0 Å². The van der Waals surface area contributed by atoms with Crippen molar-refractivity contribution < 1.29 is 13.2 Å². The van der Waals surface area contributed by atoms with Gasteiger partial charge in [0.2, 0.25) is 0 Å². The third kappa shape index (κ3) is 4.26. The van der Waals surface area contributed by atoms with Crippen LogP contribution in [0.2, 0.25) is 0 Å². The summed E-state index contributed by atoms with van der Waals surface area (Å²) in [6.45, 7) is 6.27. The van der Waals surface area contributed by atoms with Gasteiger partial charge in [-0.05, 0) is 32.7 Å². The summed E-state index contributed by atoms with van der Waals surface area (Å²) in [6, 6.07) is 0. The molecule has 0 amide bonds. The molecule has 21 heavy (non-hydrogen) atoms. The van der Waals surface area contributed by atoms with E-state index in [9.17, 15) is 8.42 Å². The largest absolute Gasteiger partial charge is 0.374 e. The second-order valence-corrected chi connectivity index (χ2v) is 7.33. The van der Waals surface area contributed by atoms with Crippen molar-refractivity contribution in [2.45, 2.75) is 50.3 Å². The minimum atomic E-state index is -3.60. The van der Waals surface area contributed by atoms with E-state index in [0.29, 0.717) is 18.7 Å². The number of nitrogens with one attached hydrogen (secondary N) is 3. The second-order valence-electron chi connectivity index (χ2n) is 5.63. The maximum absolute atomic E-state index is 12.4. The van der Waals surface area contributed by atoms with Gasteiger partial charge in [-0.2, -0.15) is 5.10 Å². The monoisotopic (exact) mass is 316 g/mol. The Balaban J connectivity index is 2.00. The molecule has 0 saturated carbocycles. The highest BCUT2D eigenvalue weighted by atomic mass is 32.2. The Morgan fingerprint density at radius 2 is 2.33 bits per heavy atom. The number of H-pyrrole nitrogens is 1. The number of sulfonamides is 1. The lowest BCUT2D eigenvalue weighted by Gasteiger charge is -2.23. The molecule has 1 atom stereocenters. The molecule has 120 valence electrons. The summed E-state index contributed by atoms with van der Waals surface area (Å²) < 4.78 is 33.0. The van der Waals surface area contributed by atoms with Gasteiger partial charge in [0.05, 0.1) is 11.8 Å². The fourth-order valence-corrected chi connectivity index (χ4v) is 3.64. The number of hydrogen-bond donors (Lipinski definition) is 3. The van der Waals surface area contributed by atoms with Crippen molar-refractivity contribution in [1.29, 1.82) is 0 Å². The van der Waals surface area contributed by atoms with Gasteiger partial charge in [-0.1, -0.05) is 6.92 Å². The topological polar surface area (TPSA) is 96.1 Å². The molecule has 1 saturated heterocycles. The van der Waals surface area contributed by atoms with Crippen LogP contribution in [0.1, 0.15) is 38.7 Å². The highest BCUT2D eigenvalue weighted by Gasteiger charge is 2.32. The van der Waals surface area contributed by atoms with E-state index in [1.165, 1.54) is 0 Å². The summed E-state index contributed by atoms with van der Waals surface area (Å²) in [7, 11) is -3.60. The predicted molar refractivity (Wildman–Crippen MR) is 79.4 cm³/mol. The Hall–Kier alpha value is -0.960. The molecule has 1 aromatic rings. The van der Waals surface area contributed by atoms with Gasteiger partial charge >= 0.3 is 0 Å². The van der Waals surface area contributed by atoms with Gasteiger partial charge in [-0.25, -0.2) is 13.1 Å². The molecule has 0 aliphatic carbocycles. The van der Waals surface area contributed by atoms with Crippen molar-refractivity contribution in [3.8, 4) is 0 Å². The van der Waals surface area contributed by atoms with Gasteiger partial charge in [0.1, 0.15) is 0 Å². The van der Waals surface area contributed by atoms with Crippen molar-refractivity contribution >= 4 is 10.0 Å². The lowest BCUT2D eigenvalue weighted by atomic mass is 10.0. The van der Waals surface area contributed by atoms with E-state index in [2.05, 4.69) is 27.2 Å². The number of nitrogens with zero attached hydrogens (tertiary/aromatic N) is 1. The van der Waals surface area contributed by atoms with E-state index < -0.39 is 15.6 Å². The van der Waals surface area contributed by atoms with E-state index in [-0.39, 0.29) is 11.6 Å². The van der Waals surface area contributed by atoms with Crippen LogP contribution in [0.3, 0.4) is 0 Å². The van der Waals surface area contributed by atoms with Crippen LogP contribution < -0.4 is 10.0 Å². The molecule has 3 N–H and O–H groups in total. The highest BCUT2D eigenvalue weighted by Crippen LogP contribution is 2.24. The van der Waals surface area contributed by atoms with E-state index in [1.807, 2.05) is 6.92 Å². The standard InChI is InChI=1S/C13H24N4O3S/c1-3-6-14-8-11-9-15-17-12(11)21(18,19)16-10-13(2)5-4-7-20-13/h9,14,16H,3-8,10H2,1-2H3,(H,15,17). The van der Waals surface area contributed by atoms with E-state index in [0.717, 1.165) is 25.8 Å². The Morgan fingerprint density at radius 1 is 1.52 bits per heavy atom. The zero-order valence-corrected chi connectivity index (χ0v) is 13.4. The number of aromatic amines is 1. The molecule has 1 aromatic heterocycles. The molecule has 1 aliphatic rings. The highest BCUT2D eigenvalue weighted by molar-refractivity contribution is 7.89. The molecule has 1 aliphatic heterocycles. The SMILES string of the molecule is CCCNCc1cn[nH]c1S(=O)(=O)NCC1(C)CCCO1. The lowest BCUT2D eigenvalue weighted by Crippen LogP contribution is -2.40. The molecule has 2 heterocycles. The quantitative estimate of drug-likeness (QED) is 0.615. The van der Waals surface area contributed by atoms with E-state index in [4.69, 9.17) is 4.74 Å². The van der Waals surface area contributed by atoms with Crippen molar-refractivity contribution in [2.24, 2.45) is 0 Å². The Morgan fingerprint density at radius 3 is 3.00 bits per heavy atom. The lowest BCUT2D eigenvalue weighted by molar-refractivity contribution is 0.0250. The normalized spacial score (nSPS) is 22.8. The van der Waals surface area contributed by atoms with Crippen molar-refractivity contribution in [2.75, 3.05) is 19.7 Å². The van der Waals surface area contributed by atoms with Crippen LogP contribution in [0.5, 0.6) is 0 Å². The number of hydrogen-bond acceptors (Lipinski definition) is 5. The second kappa shape index (κ2) is 6.87. The predicted octanol–water partition coefficient (Wildman–Crippen LogP) is 0.757. The maximum Gasteiger partial charge on any atom is 0.257 e. The summed E-state index contributed by atoms with van der Waals surface area (Å²) >= 11 is 0. The molecular formula is C13H24N4O3S. The zero-order valence-electron chi connectivity index (χ0n) is 12.6. The zero-order chi connectivity index (χ0) is 15.3. The van der Waals surface area contributed by atoms with Gasteiger partial charge in [0, 0.05) is 25.3 Å². The molecule has 0 aromatic carbocycles. The fraction of sp³-hybridized carbons (Fsp3) is 0.769. The summed E-state index contributed by atoms with van der Waals surface area (Å²) in [4.78, 5) is 0. The van der Waals surface area contributed by atoms with Crippen LogP contribution in [-0.4, -0.2) is 43.9 Å². The first-order chi connectivity index (χ1) is 9.97. The summed E-state index contributed by atoms with van der Waals surface area (Å²) in [5.74, 6) is 0. The first-order valence-electron chi connectivity index (χ1n) is 7.33. The number of ether oxygens (including phenoxy) is 1. The van der Waals surface area contributed by atoms with Crippen LogP contribution in [0.25, 0.3) is 0 Å². The summed E-state index contributed by atoms with van der Waals surface area (Å²) in [5, 5.41) is 9.74. The Bertz CT molecular complexity index is 550. The van der Waals surface area contributed by atoms with Gasteiger partial charge in [-0.3, -0.25) is 5.10 Å².